The number of hydrogen-bond donors (Lipinski definition) is 3. The predicted octanol–water partition coefficient (Wildman–Crippen LogP) is 2.95. The molecule has 0 saturated carbocycles. The second-order valence-corrected chi connectivity index (χ2v) is 7.28. The van der Waals surface area contributed by atoms with Gasteiger partial charge >= 0.3 is 5.97 Å². The molecule has 0 unspecified atom stereocenters. The molecule has 0 spiro atoms. The minimum atomic E-state index is -1.23. The summed E-state index contributed by atoms with van der Waals surface area (Å²) in [7, 11) is 0. The number of halogens is 1. The lowest BCUT2D eigenvalue weighted by atomic mass is 10.0. The van der Waals surface area contributed by atoms with Gasteiger partial charge in [-0.1, -0.05) is 13.8 Å². The molecule has 0 saturated heterocycles. The number of nitro groups is 1. The molecule has 0 aliphatic heterocycles. The van der Waals surface area contributed by atoms with Crippen molar-refractivity contribution in [1.29, 1.82) is 0 Å². The molecule has 1 atom stereocenters. The molecule has 0 fully saturated rings. The maximum absolute atomic E-state index is 12.7. The molecule has 2 aromatic rings. The van der Waals surface area contributed by atoms with E-state index in [1.165, 1.54) is 42.5 Å². The Balaban J connectivity index is 2.35. The van der Waals surface area contributed by atoms with Gasteiger partial charge in [0.2, 0.25) is 0 Å². The van der Waals surface area contributed by atoms with Crippen molar-refractivity contribution >= 4 is 45.5 Å². The molecular weight excluding hydrogens is 462 g/mol. The van der Waals surface area contributed by atoms with E-state index in [1.54, 1.807) is 13.8 Å². The Labute approximate surface area is 179 Å². The number of nitrogens with one attached hydrogen (secondary N) is 2. The molecule has 0 bridgehead atoms. The molecule has 2 rings (SSSR count). The van der Waals surface area contributed by atoms with Crippen molar-refractivity contribution in [2.75, 3.05) is 0 Å². The summed E-state index contributed by atoms with van der Waals surface area (Å²) in [6.45, 7) is 3.25. The zero-order valence-corrected chi connectivity index (χ0v) is 17.5. The Kier molecular flexibility index (Phi) is 7.48. The van der Waals surface area contributed by atoms with Crippen LogP contribution >= 0.6 is 15.9 Å². The average Bonchev–Trinajstić information content (AvgIpc) is 3.11. The Morgan fingerprint density at radius 3 is 2.27 bits per heavy atom. The highest BCUT2D eigenvalue weighted by Crippen LogP contribution is 2.16. The monoisotopic (exact) mass is 479 g/mol. The lowest BCUT2D eigenvalue weighted by Gasteiger charge is -2.19. The van der Waals surface area contributed by atoms with Gasteiger partial charge in [-0.05, 0) is 57.8 Å². The SMILES string of the molecule is CC(C)[C@@H](NC(=O)/C(=C/c1ccc([N+](=O)[O-])cc1)NC(=O)c1ccc(Br)o1)C(=O)O. The second-order valence-electron chi connectivity index (χ2n) is 6.50. The van der Waals surface area contributed by atoms with Crippen molar-refractivity contribution in [3.8, 4) is 0 Å². The van der Waals surface area contributed by atoms with Crippen molar-refractivity contribution in [3.63, 3.8) is 0 Å². The van der Waals surface area contributed by atoms with Crippen molar-refractivity contribution in [2.45, 2.75) is 19.9 Å². The summed E-state index contributed by atoms with van der Waals surface area (Å²) in [5.74, 6) is -3.30. The fraction of sp³-hybridized carbons (Fsp3) is 0.211. The number of amides is 2. The third-order valence-electron chi connectivity index (χ3n) is 3.92. The van der Waals surface area contributed by atoms with Gasteiger partial charge in [-0.15, -0.1) is 0 Å². The molecule has 30 heavy (non-hydrogen) atoms. The van der Waals surface area contributed by atoms with Gasteiger partial charge in [-0.3, -0.25) is 19.7 Å². The fourth-order valence-electron chi connectivity index (χ4n) is 2.37. The van der Waals surface area contributed by atoms with Gasteiger partial charge in [-0.25, -0.2) is 4.79 Å². The molecular formula is C19H18BrN3O7. The maximum Gasteiger partial charge on any atom is 0.326 e. The van der Waals surface area contributed by atoms with E-state index in [2.05, 4.69) is 26.6 Å². The first kappa shape index (κ1) is 22.8. The number of aliphatic carboxylic acids is 1. The molecule has 1 aromatic carbocycles. The summed E-state index contributed by atoms with van der Waals surface area (Å²) in [5, 5.41) is 24.8. The lowest BCUT2D eigenvalue weighted by molar-refractivity contribution is -0.384. The van der Waals surface area contributed by atoms with Crippen LogP contribution in [0.1, 0.15) is 30.0 Å². The number of carboxylic acids is 1. The van der Waals surface area contributed by atoms with Crippen LogP contribution in [0.3, 0.4) is 0 Å². The van der Waals surface area contributed by atoms with Crippen LogP contribution in [0.15, 0.2) is 51.2 Å². The zero-order valence-electron chi connectivity index (χ0n) is 15.9. The van der Waals surface area contributed by atoms with E-state index in [1.807, 2.05) is 0 Å². The number of rotatable bonds is 8. The largest absolute Gasteiger partial charge is 0.480 e. The minimum absolute atomic E-state index is 0.0806. The third-order valence-corrected chi connectivity index (χ3v) is 4.35. The summed E-state index contributed by atoms with van der Waals surface area (Å²) < 4.78 is 5.46. The third kappa shape index (κ3) is 6.01. The molecule has 0 aliphatic carbocycles. The van der Waals surface area contributed by atoms with Crippen LogP contribution in [-0.4, -0.2) is 33.9 Å². The van der Waals surface area contributed by atoms with Gasteiger partial charge < -0.3 is 20.2 Å². The van der Waals surface area contributed by atoms with Crippen LogP contribution in [0.4, 0.5) is 5.69 Å². The van der Waals surface area contributed by atoms with Crippen LogP contribution in [-0.2, 0) is 9.59 Å². The molecule has 10 nitrogen and oxygen atoms in total. The van der Waals surface area contributed by atoms with E-state index < -0.39 is 34.7 Å². The molecule has 158 valence electrons. The van der Waals surface area contributed by atoms with Crippen LogP contribution < -0.4 is 10.6 Å². The van der Waals surface area contributed by atoms with E-state index in [4.69, 9.17) is 4.42 Å². The molecule has 11 heteroatoms. The first-order valence-corrected chi connectivity index (χ1v) is 9.44. The van der Waals surface area contributed by atoms with Gasteiger partial charge in [0.25, 0.3) is 17.5 Å². The molecule has 1 heterocycles. The average molecular weight is 480 g/mol. The molecule has 3 N–H and O–H groups in total. The molecule has 0 aliphatic rings. The van der Waals surface area contributed by atoms with E-state index in [-0.39, 0.29) is 17.1 Å². The summed E-state index contributed by atoms with van der Waals surface area (Å²) >= 11 is 3.07. The van der Waals surface area contributed by atoms with Crippen LogP contribution in [0, 0.1) is 16.0 Å². The number of nitro benzene ring substituents is 1. The van der Waals surface area contributed by atoms with Crippen molar-refractivity contribution in [1.82, 2.24) is 10.6 Å². The molecule has 2 amide bonds. The van der Waals surface area contributed by atoms with Gasteiger partial charge in [-0.2, -0.15) is 0 Å². The first-order valence-electron chi connectivity index (χ1n) is 8.65. The number of non-ortho nitro benzene ring substituents is 1. The Morgan fingerprint density at radius 2 is 1.80 bits per heavy atom. The summed E-state index contributed by atoms with van der Waals surface area (Å²) in [5.41, 5.74) is -0.0234. The number of carbonyl (C=O) groups excluding carboxylic acids is 2. The summed E-state index contributed by atoms with van der Waals surface area (Å²) in [6.07, 6.45) is 1.27. The highest BCUT2D eigenvalue weighted by molar-refractivity contribution is 9.10. The fourth-order valence-corrected chi connectivity index (χ4v) is 2.68. The number of nitrogens with zero attached hydrogens (tertiary/aromatic N) is 1. The van der Waals surface area contributed by atoms with Gasteiger partial charge in [0.15, 0.2) is 10.4 Å². The van der Waals surface area contributed by atoms with E-state index >= 15 is 0 Å². The first-order chi connectivity index (χ1) is 14.1. The van der Waals surface area contributed by atoms with Crippen LogP contribution in [0.5, 0.6) is 0 Å². The van der Waals surface area contributed by atoms with E-state index in [0.29, 0.717) is 10.2 Å². The number of furan rings is 1. The Morgan fingerprint density at radius 1 is 1.17 bits per heavy atom. The minimum Gasteiger partial charge on any atom is -0.480 e. The normalized spacial score (nSPS) is 12.3. The highest BCUT2D eigenvalue weighted by atomic mass is 79.9. The summed E-state index contributed by atoms with van der Waals surface area (Å²) in [4.78, 5) is 46.7. The van der Waals surface area contributed by atoms with Crippen LogP contribution in [0.25, 0.3) is 6.08 Å². The van der Waals surface area contributed by atoms with Gasteiger partial charge in [0, 0.05) is 12.1 Å². The van der Waals surface area contributed by atoms with Crippen molar-refractivity contribution < 1.29 is 28.8 Å². The predicted molar refractivity (Wildman–Crippen MR) is 109 cm³/mol. The number of carboxylic acid groups (broad SMARTS) is 1. The zero-order chi connectivity index (χ0) is 22.4. The van der Waals surface area contributed by atoms with Gasteiger partial charge in [0.1, 0.15) is 11.7 Å². The second kappa shape index (κ2) is 9.83. The highest BCUT2D eigenvalue weighted by Gasteiger charge is 2.26. The Bertz CT molecular complexity index is 996. The van der Waals surface area contributed by atoms with Crippen molar-refractivity contribution in [2.24, 2.45) is 5.92 Å². The Hall–Kier alpha value is -3.47. The quantitative estimate of drug-likeness (QED) is 0.298. The number of carbonyl (C=O) groups is 3. The van der Waals surface area contributed by atoms with E-state index in [9.17, 15) is 29.6 Å². The standard InChI is InChI=1S/C19H18BrN3O7/c1-10(2)16(19(26)27)22-17(24)13(21-18(25)14-7-8-15(20)30-14)9-11-3-5-12(6-4-11)23(28)29/h3-10,16H,1-2H3,(H,21,25)(H,22,24)(H,26,27)/b13-9-/t16-/m1/s1. The molecule has 0 radical (unpaired) electrons. The topological polar surface area (TPSA) is 152 Å². The van der Waals surface area contributed by atoms with Gasteiger partial charge in [0.05, 0.1) is 4.92 Å². The number of hydrogen-bond acceptors (Lipinski definition) is 6. The number of benzene rings is 1. The van der Waals surface area contributed by atoms with Crippen LogP contribution in [0.2, 0.25) is 0 Å². The smallest absolute Gasteiger partial charge is 0.326 e. The summed E-state index contributed by atoms with van der Waals surface area (Å²) in [6, 6.07) is 6.94. The maximum atomic E-state index is 12.7. The van der Waals surface area contributed by atoms with Crippen molar-refractivity contribution in [3.05, 3.63) is 68.2 Å². The lowest BCUT2D eigenvalue weighted by Crippen LogP contribution is -2.47. The van der Waals surface area contributed by atoms with E-state index in [0.717, 1.165) is 0 Å². The molecule has 1 aromatic heterocycles.